The summed E-state index contributed by atoms with van der Waals surface area (Å²) >= 11 is 3.28. The highest BCUT2D eigenvalue weighted by molar-refractivity contribution is 9.09. The maximum Gasteiger partial charge on any atom is 0.109 e. The molecule has 0 saturated carbocycles. The van der Waals surface area contributed by atoms with Crippen LogP contribution in [0.4, 0.5) is 0 Å². The van der Waals surface area contributed by atoms with Crippen molar-refractivity contribution in [2.75, 3.05) is 60.0 Å². The van der Waals surface area contributed by atoms with E-state index in [0.29, 0.717) is 52.9 Å². The molecule has 0 saturated heterocycles. The van der Waals surface area contributed by atoms with Crippen molar-refractivity contribution in [3.05, 3.63) is 0 Å². The number of hydrogen-bond acceptors (Lipinski definition) is 5. The Morgan fingerprint density at radius 3 is 1.59 bits per heavy atom. The van der Waals surface area contributed by atoms with Gasteiger partial charge in [0.1, 0.15) is 5.01 Å². The zero-order chi connectivity index (χ0) is 12.8. The van der Waals surface area contributed by atoms with Gasteiger partial charge >= 0.3 is 0 Å². The Kier molecular flexibility index (Phi) is 14.6. The van der Waals surface area contributed by atoms with Crippen molar-refractivity contribution in [2.45, 2.75) is 11.9 Å². The molecule has 0 aliphatic carbocycles. The summed E-state index contributed by atoms with van der Waals surface area (Å²) in [6.07, 6.45) is 0. The summed E-state index contributed by atoms with van der Waals surface area (Å²) in [4.78, 5) is 0. The molecule has 0 aromatic rings. The highest BCUT2D eigenvalue weighted by atomic mass is 79.9. The van der Waals surface area contributed by atoms with Crippen LogP contribution in [0.3, 0.4) is 0 Å². The highest BCUT2D eigenvalue weighted by Crippen LogP contribution is 1.97. The van der Waals surface area contributed by atoms with Crippen LogP contribution in [0.5, 0.6) is 0 Å². The first kappa shape index (κ1) is 17.3. The Morgan fingerprint density at radius 2 is 1.18 bits per heavy atom. The van der Waals surface area contributed by atoms with Gasteiger partial charge in [-0.1, -0.05) is 15.9 Å². The fourth-order valence-electron chi connectivity index (χ4n) is 0.954. The average molecular weight is 315 g/mol. The number of methoxy groups -OCH3 is 1. The minimum Gasteiger partial charge on any atom is -0.382 e. The Morgan fingerprint density at radius 1 is 0.765 bits per heavy atom. The lowest BCUT2D eigenvalue weighted by Crippen LogP contribution is -2.13. The van der Waals surface area contributed by atoms with E-state index in [2.05, 4.69) is 15.9 Å². The molecule has 0 aromatic heterocycles. The van der Waals surface area contributed by atoms with Gasteiger partial charge in [0.05, 0.1) is 52.9 Å². The van der Waals surface area contributed by atoms with Gasteiger partial charge in [-0.05, 0) is 6.92 Å². The van der Waals surface area contributed by atoms with Crippen LogP contribution in [0.2, 0.25) is 0 Å². The number of alkyl halides is 1. The molecule has 0 aliphatic rings. The third-order valence-corrected chi connectivity index (χ3v) is 2.02. The van der Waals surface area contributed by atoms with Crippen LogP contribution in [-0.2, 0) is 23.7 Å². The van der Waals surface area contributed by atoms with Crippen molar-refractivity contribution in [3.8, 4) is 0 Å². The van der Waals surface area contributed by atoms with E-state index in [0.717, 1.165) is 0 Å². The SMILES string of the molecule is COCCOCCOCCOCCO[C@H](C)Br. The van der Waals surface area contributed by atoms with E-state index in [4.69, 9.17) is 23.7 Å². The van der Waals surface area contributed by atoms with Crippen LogP contribution in [-0.4, -0.2) is 65.0 Å². The second-order valence-electron chi connectivity index (χ2n) is 3.24. The van der Waals surface area contributed by atoms with Gasteiger partial charge in [0.15, 0.2) is 0 Å². The van der Waals surface area contributed by atoms with Gasteiger partial charge in [-0.25, -0.2) is 0 Å². The maximum atomic E-state index is 5.30. The second-order valence-corrected chi connectivity index (χ2v) is 4.53. The molecule has 0 bridgehead atoms. The number of hydrogen-bond donors (Lipinski definition) is 0. The van der Waals surface area contributed by atoms with Gasteiger partial charge in [0.25, 0.3) is 0 Å². The molecule has 0 aliphatic heterocycles. The molecule has 0 unspecified atom stereocenters. The predicted molar refractivity (Wildman–Crippen MR) is 68.7 cm³/mol. The van der Waals surface area contributed by atoms with Crippen LogP contribution in [0, 0.1) is 0 Å². The lowest BCUT2D eigenvalue weighted by atomic mass is 10.7. The molecule has 0 aromatic carbocycles. The summed E-state index contributed by atoms with van der Waals surface area (Å²) in [5.74, 6) is 0. The van der Waals surface area contributed by atoms with Gasteiger partial charge in [0, 0.05) is 7.11 Å². The molecule has 17 heavy (non-hydrogen) atoms. The Balaban J connectivity index is 2.89. The van der Waals surface area contributed by atoms with Gasteiger partial charge in [-0.2, -0.15) is 0 Å². The third-order valence-electron chi connectivity index (χ3n) is 1.75. The standard InChI is InChI=1S/C11H23BrO5/c1-11(12)17-10-9-16-8-7-15-6-5-14-4-3-13-2/h11H,3-10H2,1-2H3/t11-/m1/s1. The maximum absolute atomic E-state index is 5.30. The quantitative estimate of drug-likeness (QED) is 0.380. The van der Waals surface area contributed by atoms with Crippen LogP contribution in [0.1, 0.15) is 6.92 Å². The minimum atomic E-state index is 0.0756. The van der Waals surface area contributed by atoms with Crippen molar-refractivity contribution in [1.29, 1.82) is 0 Å². The molecule has 0 amide bonds. The minimum absolute atomic E-state index is 0.0756. The molecule has 0 N–H and O–H groups in total. The van der Waals surface area contributed by atoms with Crippen LogP contribution >= 0.6 is 15.9 Å². The molecule has 0 heterocycles. The fourth-order valence-corrected chi connectivity index (χ4v) is 1.14. The lowest BCUT2D eigenvalue weighted by Gasteiger charge is -2.08. The van der Waals surface area contributed by atoms with Gasteiger partial charge in [-0.15, -0.1) is 0 Å². The summed E-state index contributed by atoms with van der Waals surface area (Å²) in [7, 11) is 1.65. The molecule has 6 heteroatoms. The monoisotopic (exact) mass is 314 g/mol. The summed E-state index contributed by atoms with van der Waals surface area (Å²) in [5.41, 5.74) is 0. The smallest absolute Gasteiger partial charge is 0.109 e. The third kappa shape index (κ3) is 16.3. The molecule has 0 fully saturated rings. The first-order chi connectivity index (χ1) is 8.27. The van der Waals surface area contributed by atoms with Gasteiger partial charge in [0.2, 0.25) is 0 Å². The second kappa shape index (κ2) is 14.3. The molecule has 1 atom stereocenters. The summed E-state index contributed by atoms with van der Waals surface area (Å²) in [5, 5.41) is 0.0756. The van der Waals surface area contributed by atoms with E-state index in [-0.39, 0.29) is 5.01 Å². The number of halogens is 1. The number of rotatable bonds is 13. The summed E-state index contributed by atoms with van der Waals surface area (Å²) in [6, 6.07) is 0. The first-order valence-electron chi connectivity index (χ1n) is 5.75. The van der Waals surface area contributed by atoms with Crippen molar-refractivity contribution < 1.29 is 23.7 Å². The van der Waals surface area contributed by atoms with Crippen LogP contribution in [0.25, 0.3) is 0 Å². The molecule has 104 valence electrons. The first-order valence-corrected chi connectivity index (χ1v) is 6.66. The summed E-state index contributed by atoms with van der Waals surface area (Å²) in [6.45, 7) is 6.67. The number of ether oxygens (including phenoxy) is 5. The summed E-state index contributed by atoms with van der Waals surface area (Å²) < 4.78 is 25.9. The van der Waals surface area contributed by atoms with Gasteiger partial charge in [-0.3, -0.25) is 0 Å². The Labute approximate surface area is 112 Å². The fraction of sp³-hybridized carbons (Fsp3) is 1.00. The van der Waals surface area contributed by atoms with E-state index >= 15 is 0 Å². The normalized spacial score (nSPS) is 12.9. The molecule has 5 nitrogen and oxygen atoms in total. The molecular weight excluding hydrogens is 292 g/mol. The lowest BCUT2D eigenvalue weighted by molar-refractivity contribution is -0.00853. The van der Waals surface area contributed by atoms with Crippen molar-refractivity contribution >= 4 is 15.9 Å². The Bertz CT molecular complexity index is 146. The average Bonchev–Trinajstić information content (AvgIpc) is 2.30. The van der Waals surface area contributed by atoms with E-state index in [9.17, 15) is 0 Å². The van der Waals surface area contributed by atoms with E-state index < -0.39 is 0 Å². The van der Waals surface area contributed by atoms with E-state index in [1.807, 2.05) is 6.92 Å². The van der Waals surface area contributed by atoms with E-state index in [1.165, 1.54) is 0 Å². The molecular formula is C11H23BrO5. The van der Waals surface area contributed by atoms with Crippen molar-refractivity contribution in [3.63, 3.8) is 0 Å². The largest absolute Gasteiger partial charge is 0.382 e. The zero-order valence-electron chi connectivity index (χ0n) is 10.7. The Hall–Kier alpha value is 0.280. The molecule has 0 spiro atoms. The molecule has 0 radical (unpaired) electrons. The predicted octanol–water partition coefficient (Wildman–Crippen LogP) is 1.44. The van der Waals surface area contributed by atoms with Gasteiger partial charge < -0.3 is 23.7 Å². The molecule has 0 rings (SSSR count). The van der Waals surface area contributed by atoms with E-state index in [1.54, 1.807) is 7.11 Å². The van der Waals surface area contributed by atoms with Crippen LogP contribution in [0.15, 0.2) is 0 Å². The van der Waals surface area contributed by atoms with Crippen molar-refractivity contribution in [1.82, 2.24) is 0 Å². The zero-order valence-corrected chi connectivity index (χ0v) is 12.2. The van der Waals surface area contributed by atoms with Crippen LogP contribution < -0.4 is 0 Å². The topological polar surface area (TPSA) is 46.2 Å². The highest BCUT2D eigenvalue weighted by Gasteiger charge is 1.95. The van der Waals surface area contributed by atoms with Crippen molar-refractivity contribution in [2.24, 2.45) is 0 Å².